The summed E-state index contributed by atoms with van der Waals surface area (Å²) in [5, 5.41) is 0. The second-order valence-electron chi connectivity index (χ2n) is 3.48. The lowest BCUT2D eigenvalue weighted by molar-refractivity contribution is 0.474. The minimum atomic E-state index is -1.38. The Hall–Kier alpha value is -0.503. The van der Waals surface area contributed by atoms with Crippen molar-refractivity contribution >= 4 is 8.32 Å². The van der Waals surface area contributed by atoms with Gasteiger partial charge in [0.05, 0.1) is 6.26 Å². The quantitative estimate of drug-likeness (QED) is 0.357. The fraction of sp³-hybridized carbons (Fsp3) is 0.556. The van der Waals surface area contributed by atoms with E-state index in [0.29, 0.717) is 0 Å². The van der Waals surface area contributed by atoms with E-state index in [2.05, 4.69) is 33.1 Å². The highest BCUT2D eigenvalue weighted by molar-refractivity contribution is 6.69. The molecule has 0 aliphatic heterocycles. The summed E-state index contributed by atoms with van der Waals surface area (Å²) in [6, 6.07) is 0. The van der Waals surface area contributed by atoms with E-state index >= 15 is 0 Å². The van der Waals surface area contributed by atoms with Crippen LogP contribution in [0.15, 0.2) is 24.5 Å². The Bertz CT molecular complexity index is 153. The molecule has 0 aliphatic rings. The Morgan fingerprint density at radius 2 is 2.00 bits per heavy atom. The van der Waals surface area contributed by atoms with Crippen molar-refractivity contribution in [1.29, 1.82) is 0 Å². The van der Waals surface area contributed by atoms with Crippen LogP contribution in [-0.4, -0.2) is 8.32 Å². The van der Waals surface area contributed by atoms with Crippen molar-refractivity contribution in [3.05, 3.63) is 24.5 Å². The van der Waals surface area contributed by atoms with Gasteiger partial charge in [0.25, 0.3) is 0 Å². The molecule has 0 bridgehead atoms. The molecule has 0 unspecified atom stereocenters. The standard InChI is InChI=1S/C9H18OSi/c1-6-9(7-2)8-10-11(3,4)5/h6,8H,1,7H2,2-5H3/b9-8+. The minimum absolute atomic E-state index is 0.994. The van der Waals surface area contributed by atoms with Crippen molar-refractivity contribution in [1.82, 2.24) is 0 Å². The average Bonchev–Trinajstić information content (AvgIpc) is 1.88. The lowest BCUT2D eigenvalue weighted by Crippen LogP contribution is -2.22. The fourth-order valence-corrected chi connectivity index (χ4v) is 1.03. The van der Waals surface area contributed by atoms with Gasteiger partial charge < -0.3 is 4.43 Å². The van der Waals surface area contributed by atoms with Crippen molar-refractivity contribution in [2.45, 2.75) is 33.0 Å². The van der Waals surface area contributed by atoms with Gasteiger partial charge in [-0.05, 0) is 31.6 Å². The van der Waals surface area contributed by atoms with Gasteiger partial charge in [-0.25, -0.2) is 0 Å². The van der Waals surface area contributed by atoms with Crippen LogP contribution < -0.4 is 0 Å². The zero-order valence-electron chi connectivity index (χ0n) is 7.98. The third-order valence-electron chi connectivity index (χ3n) is 1.23. The van der Waals surface area contributed by atoms with Crippen molar-refractivity contribution < 1.29 is 4.43 Å². The van der Waals surface area contributed by atoms with E-state index < -0.39 is 8.32 Å². The Morgan fingerprint density at radius 3 is 2.27 bits per heavy atom. The van der Waals surface area contributed by atoms with E-state index in [4.69, 9.17) is 4.43 Å². The molecule has 0 saturated heterocycles. The van der Waals surface area contributed by atoms with Crippen LogP contribution in [0.25, 0.3) is 0 Å². The van der Waals surface area contributed by atoms with E-state index in [9.17, 15) is 0 Å². The van der Waals surface area contributed by atoms with Gasteiger partial charge in [0, 0.05) is 0 Å². The van der Waals surface area contributed by atoms with E-state index in [1.807, 2.05) is 12.3 Å². The maximum atomic E-state index is 5.58. The minimum Gasteiger partial charge on any atom is -0.549 e. The van der Waals surface area contributed by atoms with Crippen LogP contribution in [0.2, 0.25) is 19.6 Å². The SMILES string of the molecule is C=C/C(=C\O[Si](C)(C)C)CC. The molecule has 0 amide bonds. The second-order valence-corrected chi connectivity index (χ2v) is 7.94. The largest absolute Gasteiger partial charge is 0.549 e. The number of allylic oxidation sites excluding steroid dienone is 2. The molecule has 0 spiro atoms. The molecule has 64 valence electrons. The summed E-state index contributed by atoms with van der Waals surface area (Å²) in [6.07, 6.45) is 4.69. The third kappa shape index (κ3) is 5.92. The summed E-state index contributed by atoms with van der Waals surface area (Å²) in [5.74, 6) is 0. The van der Waals surface area contributed by atoms with Crippen LogP contribution >= 0.6 is 0 Å². The first-order valence-corrected chi connectivity index (χ1v) is 7.39. The van der Waals surface area contributed by atoms with Gasteiger partial charge in [-0.3, -0.25) is 0 Å². The summed E-state index contributed by atoms with van der Waals surface area (Å²) < 4.78 is 5.58. The van der Waals surface area contributed by atoms with Gasteiger partial charge in [0.15, 0.2) is 0 Å². The summed E-state index contributed by atoms with van der Waals surface area (Å²) in [4.78, 5) is 0. The van der Waals surface area contributed by atoms with E-state index in [1.165, 1.54) is 5.57 Å². The highest BCUT2D eigenvalue weighted by Gasteiger charge is 2.13. The Morgan fingerprint density at radius 1 is 1.45 bits per heavy atom. The molecule has 0 radical (unpaired) electrons. The van der Waals surface area contributed by atoms with Crippen LogP contribution in [0.3, 0.4) is 0 Å². The molecule has 0 aromatic carbocycles. The molecule has 0 saturated carbocycles. The molecule has 2 heteroatoms. The number of hydrogen-bond acceptors (Lipinski definition) is 1. The number of hydrogen-bond donors (Lipinski definition) is 0. The molecule has 0 fully saturated rings. The van der Waals surface area contributed by atoms with E-state index in [-0.39, 0.29) is 0 Å². The predicted molar refractivity (Wildman–Crippen MR) is 53.0 cm³/mol. The first kappa shape index (κ1) is 10.5. The first-order valence-electron chi connectivity index (χ1n) is 3.99. The Labute approximate surface area is 70.9 Å². The van der Waals surface area contributed by atoms with Gasteiger partial charge in [-0.1, -0.05) is 19.6 Å². The van der Waals surface area contributed by atoms with Crippen LogP contribution in [-0.2, 0) is 4.43 Å². The molecule has 0 aliphatic carbocycles. The molecule has 1 nitrogen and oxygen atoms in total. The zero-order valence-corrected chi connectivity index (χ0v) is 8.98. The monoisotopic (exact) mass is 170 g/mol. The van der Waals surface area contributed by atoms with Gasteiger partial charge in [0.1, 0.15) is 0 Å². The average molecular weight is 170 g/mol. The Kier molecular flexibility index (Phi) is 4.19. The van der Waals surface area contributed by atoms with Gasteiger partial charge in [0.2, 0.25) is 8.32 Å². The molecule has 0 N–H and O–H groups in total. The predicted octanol–water partition coefficient (Wildman–Crippen LogP) is 3.32. The van der Waals surface area contributed by atoms with Gasteiger partial charge in [-0.2, -0.15) is 0 Å². The van der Waals surface area contributed by atoms with Gasteiger partial charge >= 0.3 is 0 Å². The molecule has 11 heavy (non-hydrogen) atoms. The molecular formula is C9H18OSi. The smallest absolute Gasteiger partial charge is 0.241 e. The maximum absolute atomic E-state index is 5.58. The molecule has 0 atom stereocenters. The summed E-state index contributed by atoms with van der Waals surface area (Å²) >= 11 is 0. The second kappa shape index (κ2) is 4.39. The van der Waals surface area contributed by atoms with E-state index in [1.54, 1.807) is 0 Å². The van der Waals surface area contributed by atoms with Crippen molar-refractivity contribution in [3.63, 3.8) is 0 Å². The molecule has 0 aromatic heterocycles. The normalized spacial score (nSPS) is 12.9. The highest BCUT2D eigenvalue weighted by Crippen LogP contribution is 2.07. The first-order chi connectivity index (χ1) is 4.99. The molecular weight excluding hydrogens is 152 g/mol. The van der Waals surface area contributed by atoms with Crippen molar-refractivity contribution in [3.8, 4) is 0 Å². The number of rotatable bonds is 4. The topological polar surface area (TPSA) is 9.23 Å². The van der Waals surface area contributed by atoms with Crippen LogP contribution in [0.5, 0.6) is 0 Å². The fourth-order valence-electron chi connectivity index (χ4n) is 0.528. The summed E-state index contributed by atoms with van der Waals surface area (Å²) in [6.45, 7) is 12.3. The lowest BCUT2D eigenvalue weighted by atomic mass is 10.2. The third-order valence-corrected chi connectivity index (χ3v) is 2.06. The van der Waals surface area contributed by atoms with Crippen LogP contribution in [0.4, 0.5) is 0 Å². The lowest BCUT2D eigenvalue weighted by Gasteiger charge is -2.15. The Balaban J connectivity index is 3.99. The highest BCUT2D eigenvalue weighted by atomic mass is 28.4. The summed E-state index contributed by atoms with van der Waals surface area (Å²) in [5.41, 5.74) is 1.17. The van der Waals surface area contributed by atoms with Crippen molar-refractivity contribution in [2.24, 2.45) is 0 Å². The van der Waals surface area contributed by atoms with E-state index in [0.717, 1.165) is 6.42 Å². The maximum Gasteiger partial charge on any atom is 0.241 e. The zero-order chi connectivity index (χ0) is 8.91. The molecule has 0 heterocycles. The van der Waals surface area contributed by atoms with Crippen molar-refractivity contribution in [2.75, 3.05) is 0 Å². The van der Waals surface area contributed by atoms with Gasteiger partial charge in [-0.15, -0.1) is 0 Å². The molecule has 0 aromatic rings. The molecule has 0 rings (SSSR count). The summed E-state index contributed by atoms with van der Waals surface area (Å²) in [7, 11) is -1.38. The van der Waals surface area contributed by atoms with Crippen LogP contribution in [0, 0.1) is 0 Å². The van der Waals surface area contributed by atoms with Crippen LogP contribution in [0.1, 0.15) is 13.3 Å².